The molecule has 0 bridgehead atoms. The highest BCUT2D eigenvalue weighted by Crippen LogP contribution is 2.17. The quantitative estimate of drug-likeness (QED) is 0.803. The van der Waals surface area contributed by atoms with E-state index in [9.17, 15) is 9.18 Å². The van der Waals surface area contributed by atoms with Gasteiger partial charge in [-0.3, -0.25) is 4.79 Å². The molecular formula is C12H16FNOS. The number of amides is 1. The second kappa shape index (κ2) is 6.53. The molecule has 0 aromatic heterocycles. The number of carbonyl (C=O) groups is 1. The lowest BCUT2D eigenvalue weighted by atomic mass is 10.2. The topological polar surface area (TPSA) is 29.1 Å². The van der Waals surface area contributed by atoms with E-state index in [0.717, 1.165) is 4.90 Å². The molecule has 0 aliphatic carbocycles. The predicted molar refractivity (Wildman–Crippen MR) is 65.0 cm³/mol. The Balaban J connectivity index is 2.29. The normalized spacial score (nSPS) is 10.5. The first-order valence-electron chi connectivity index (χ1n) is 5.23. The van der Waals surface area contributed by atoms with Crippen molar-refractivity contribution in [1.29, 1.82) is 0 Å². The van der Waals surface area contributed by atoms with Crippen LogP contribution in [0.2, 0.25) is 0 Å². The van der Waals surface area contributed by atoms with Gasteiger partial charge in [-0.15, -0.1) is 11.8 Å². The summed E-state index contributed by atoms with van der Waals surface area (Å²) in [4.78, 5) is 12.3. The lowest BCUT2D eigenvalue weighted by Crippen LogP contribution is -2.28. The third kappa shape index (κ3) is 5.16. The van der Waals surface area contributed by atoms with E-state index in [0.29, 0.717) is 18.2 Å². The zero-order chi connectivity index (χ0) is 12.0. The fourth-order valence-electron chi connectivity index (χ4n) is 1.05. The molecule has 0 aliphatic rings. The summed E-state index contributed by atoms with van der Waals surface area (Å²) in [6.45, 7) is 4.80. The van der Waals surface area contributed by atoms with Gasteiger partial charge in [0.1, 0.15) is 5.82 Å². The summed E-state index contributed by atoms with van der Waals surface area (Å²) in [6, 6.07) is 6.15. The minimum absolute atomic E-state index is 0.0167. The Morgan fingerprint density at radius 1 is 1.38 bits per heavy atom. The number of hydrogen-bond donors (Lipinski definition) is 1. The van der Waals surface area contributed by atoms with Crippen molar-refractivity contribution in [2.24, 2.45) is 5.92 Å². The smallest absolute Gasteiger partial charge is 0.230 e. The van der Waals surface area contributed by atoms with Crippen molar-refractivity contribution >= 4 is 17.7 Å². The molecule has 0 fully saturated rings. The Hall–Kier alpha value is -1.03. The lowest BCUT2D eigenvalue weighted by molar-refractivity contribution is -0.118. The van der Waals surface area contributed by atoms with Gasteiger partial charge in [-0.05, 0) is 30.2 Å². The Kier molecular flexibility index (Phi) is 5.32. The Labute approximate surface area is 99.6 Å². The van der Waals surface area contributed by atoms with E-state index in [1.165, 1.54) is 23.9 Å². The molecule has 4 heteroatoms. The van der Waals surface area contributed by atoms with Gasteiger partial charge < -0.3 is 5.32 Å². The molecule has 88 valence electrons. The van der Waals surface area contributed by atoms with E-state index >= 15 is 0 Å². The number of nitrogens with one attached hydrogen (secondary N) is 1. The third-order valence-corrected chi connectivity index (χ3v) is 2.90. The van der Waals surface area contributed by atoms with Crippen molar-refractivity contribution in [3.8, 4) is 0 Å². The monoisotopic (exact) mass is 241 g/mol. The molecule has 1 rings (SSSR count). The van der Waals surface area contributed by atoms with Crippen LogP contribution in [0.3, 0.4) is 0 Å². The molecule has 0 aliphatic heterocycles. The average molecular weight is 241 g/mol. The molecule has 0 atom stereocenters. The van der Waals surface area contributed by atoms with Crippen LogP contribution in [0.1, 0.15) is 13.8 Å². The SMILES string of the molecule is CC(C)CNC(=O)CSc1ccc(F)cc1. The van der Waals surface area contributed by atoms with Crippen molar-refractivity contribution in [2.75, 3.05) is 12.3 Å². The maximum absolute atomic E-state index is 12.6. The van der Waals surface area contributed by atoms with Crippen molar-refractivity contribution in [3.63, 3.8) is 0 Å². The van der Waals surface area contributed by atoms with Crippen LogP contribution in [-0.4, -0.2) is 18.2 Å². The molecule has 16 heavy (non-hydrogen) atoms. The van der Waals surface area contributed by atoms with Crippen LogP contribution in [-0.2, 0) is 4.79 Å². The number of hydrogen-bond acceptors (Lipinski definition) is 2. The van der Waals surface area contributed by atoms with Crippen LogP contribution < -0.4 is 5.32 Å². The molecule has 2 nitrogen and oxygen atoms in total. The number of thioether (sulfide) groups is 1. The highest BCUT2D eigenvalue weighted by molar-refractivity contribution is 8.00. The Bertz CT molecular complexity index is 337. The van der Waals surface area contributed by atoms with E-state index in [2.05, 4.69) is 5.32 Å². The van der Waals surface area contributed by atoms with E-state index in [1.54, 1.807) is 12.1 Å². The summed E-state index contributed by atoms with van der Waals surface area (Å²) in [6.07, 6.45) is 0. The predicted octanol–water partition coefficient (Wildman–Crippen LogP) is 2.69. The van der Waals surface area contributed by atoms with Crippen LogP contribution in [0.4, 0.5) is 4.39 Å². The number of carbonyl (C=O) groups excluding carboxylic acids is 1. The van der Waals surface area contributed by atoms with Gasteiger partial charge in [0.15, 0.2) is 0 Å². The minimum Gasteiger partial charge on any atom is -0.355 e. The lowest BCUT2D eigenvalue weighted by Gasteiger charge is -2.07. The Morgan fingerprint density at radius 2 is 2.00 bits per heavy atom. The first-order chi connectivity index (χ1) is 7.58. The molecule has 1 N–H and O–H groups in total. The average Bonchev–Trinajstić information content (AvgIpc) is 2.25. The molecular weight excluding hydrogens is 225 g/mol. The largest absolute Gasteiger partial charge is 0.355 e. The molecule has 0 radical (unpaired) electrons. The number of benzene rings is 1. The van der Waals surface area contributed by atoms with Gasteiger partial charge in [-0.25, -0.2) is 4.39 Å². The summed E-state index contributed by atoms with van der Waals surface area (Å²) >= 11 is 1.41. The standard InChI is InChI=1S/C12H16FNOS/c1-9(2)7-14-12(15)8-16-11-5-3-10(13)4-6-11/h3-6,9H,7-8H2,1-2H3,(H,14,15). The third-order valence-electron chi connectivity index (χ3n) is 1.89. The zero-order valence-electron chi connectivity index (χ0n) is 9.50. The number of rotatable bonds is 5. The summed E-state index contributed by atoms with van der Waals surface area (Å²) < 4.78 is 12.6. The molecule has 0 heterocycles. The van der Waals surface area contributed by atoms with Crippen LogP contribution >= 0.6 is 11.8 Å². The first-order valence-corrected chi connectivity index (χ1v) is 6.21. The van der Waals surface area contributed by atoms with Gasteiger partial charge in [-0.1, -0.05) is 13.8 Å². The highest BCUT2D eigenvalue weighted by atomic mass is 32.2. The summed E-state index contributed by atoms with van der Waals surface area (Å²) in [5.41, 5.74) is 0. The number of halogens is 1. The fourth-order valence-corrected chi connectivity index (χ4v) is 1.78. The van der Waals surface area contributed by atoms with Gasteiger partial charge in [-0.2, -0.15) is 0 Å². The molecule has 1 aromatic rings. The van der Waals surface area contributed by atoms with Gasteiger partial charge >= 0.3 is 0 Å². The maximum Gasteiger partial charge on any atom is 0.230 e. The van der Waals surface area contributed by atoms with Crippen LogP contribution in [0.15, 0.2) is 29.2 Å². The minimum atomic E-state index is -0.256. The van der Waals surface area contributed by atoms with Gasteiger partial charge in [0, 0.05) is 11.4 Å². The summed E-state index contributed by atoms with van der Waals surface area (Å²) in [7, 11) is 0. The van der Waals surface area contributed by atoms with E-state index in [4.69, 9.17) is 0 Å². The molecule has 0 saturated heterocycles. The Morgan fingerprint density at radius 3 is 2.56 bits per heavy atom. The second-order valence-corrected chi connectivity index (χ2v) is 4.99. The summed E-state index contributed by atoms with van der Waals surface area (Å²) in [5.74, 6) is 0.592. The van der Waals surface area contributed by atoms with E-state index < -0.39 is 0 Å². The molecule has 0 unspecified atom stereocenters. The fraction of sp³-hybridized carbons (Fsp3) is 0.417. The molecule has 1 aromatic carbocycles. The summed E-state index contributed by atoms with van der Waals surface area (Å²) in [5, 5.41) is 2.83. The molecule has 0 spiro atoms. The van der Waals surface area contributed by atoms with E-state index in [-0.39, 0.29) is 11.7 Å². The first kappa shape index (κ1) is 13.0. The van der Waals surface area contributed by atoms with Crippen LogP contribution in [0, 0.1) is 11.7 Å². The zero-order valence-corrected chi connectivity index (χ0v) is 10.3. The van der Waals surface area contributed by atoms with Gasteiger partial charge in [0.05, 0.1) is 5.75 Å². The second-order valence-electron chi connectivity index (χ2n) is 3.94. The van der Waals surface area contributed by atoms with Crippen molar-refractivity contribution in [2.45, 2.75) is 18.7 Å². The van der Waals surface area contributed by atoms with Crippen molar-refractivity contribution < 1.29 is 9.18 Å². The van der Waals surface area contributed by atoms with Crippen LogP contribution in [0.25, 0.3) is 0 Å². The van der Waals surface area contributed by atoms with Crippen molar-refractivity contribution in [1.82, 2.24) is 5.32 Å². The molecule has 0 saturated carbocycles. The van der Waals surface area contributed by atoms with Crippen LogP contribution in [0.5, 0.6) is 0 Å². The maximum atomic E-state index is 12.6. The van der Waals surface area contributed by atoms with Gasteiger partial charge in [0.25, 0.3) is 0 Å². The van der Waals surface area contributed by atoms with Crippen molar-refractivity contribution in [3.05, 3.63) is 30.1 Å². The van der Waals surface area contributed by atoms with E-state index in [1.807, 2.05) is 13.8 Å². The molecule has 1 amide bonds. The van der Waals surface area contributed by atoms with Gasteiger partial charge in [0.2, 0.25) is 5.91 Å². The highest BCUT2D eigenvalue weighted by Gasteiger charge is 2.03.